The molecular weight excluding hydrogens is 278 g/mol. The fraction of sp³-hybridized carbons (Fsp3) is 0.444. The molecule has 0 saturated carbocycles. The average molecular weight is 303 g/mol. The Hall–Kier alpha value is -1.32. The van der Waals surface area contributed by atoms with Gasteiger partial charge in [0.2, 0.25) is 0 Å². The number of hydrogen-bond acceptors (Lipinski definition) is 3. The van der Waals surface area contributed by atoms with Crippen molar-refractivity contribution in [3.63, 3.8) is 0 Å². The van der Waals surface area contributed by atoms with Gasteiger partial charge in [-0.05, 0) is 58.8 Å². The van der Waals surface area contributed by atoms with E-state index in [-0.39, 0.29) is 0 Å². The maximum Gasteiger partial charge on any atom is 0.119 e. The first kappa shape index (κ1) is 16.1. The van der Waals surface area contributed by atoms with Crippen molar-refractivity contribution < 1.29 is 4.74 Å². The third kappa shape index (κ3) is 5.52. The van der Waals surface area contributed by atoms with Crippen molar-refractivity contribution >= 4 is 11.3 Å². The van der Waals surface area contributed by atoms with Crippen LogP contribution in [0.25, 0.3) is 0 Å². The van der Waals surface area contributed by atoms with Gasteiger partial charge in [0, 0.05) is 13.1 Å². The lowest BCUT2D eigenvalue weighted by Gasteiger charge is -2.09. The van der Waals surface area contributed by atoms with E-state index in [9.17, 15) is 0 Å². The molecular formula is C18H25NOS. The van der Waals surface area contributed by atoms with Crippen molar-refractivity contribution in [2.45, 2.75) is 40.3 Å². The van der Waals surface area contributed by atoms with Gasteiger partial charge in [-0.3, -0.25) is 0 Å². The van der Waals surface area contributed by atoms with Gasteiger partial charge >= 0.3 is 0 Å². The molecule has 2 aromatic rings. The summed E-state index contributed by atoms with van der Waals surface area (Å²) in [4.78, 5) is 0. The van der Waals surface area contributed by atoms with Gasteiger partial charge < -0.3 is 10.1 Å². The highest BCUT2D eigenvalue weighted by molar-refractivity contribution is 7.08. The second-order valence-corrected chi connectivity index (χ2v) is 6.60. The van der Waals surface area contributed by atoms with E-state index >= 15 is 0 Å². The molecule has 0 atom stereocenters. The first-order valence-electron chi connectivity index (χ1n) is 7.59. The zero-order valence-corrected chi connectivity index (χ0v) is 14.0. The molecule has 0 saturated heterocycles. The third-order valence-corrected chi connectivity index (χ3v) is 4.40. The maximum absolute atomic E-state index is 5.73. The van der Waals surface area contributed by atoms with Crippen LogP contribution in [0.5, 0.6) is 5.75 Å². The molecule has 2 nitrogen and oxygen atoms in total. The van der Waals surface area contributed by atoms with Gasteiger partial charge in [-0.2, -0.15) is 11.3 Å². The van der Waals surface area contributed by atoms with Gasteiger partial charge in [0.15, 0.2) is 0 Å². The van der Waals surface area contributed by atoms with E-state index in [0.29, 0.717) is 5.92 Å². The van der Waals surface area contributed by atoms with Gasteiger partial charge in [-0.1, -0.05) is 26.0 Å². The van der Waals surface area contributed by atoms with Gasteiger partial charge in [-0.15, -0.1) is 0 Å². The van der Waals surface area contributed by atoms with Gasteiger partial charge in [0.1, 0.15) is 5.75 Å². The number of ether oxygens (including phenoxy) is 1. The molecule has 0 radical (unpaired) electrons. The summed E-state index contributed by atoms with van der Waals surface area (Å²) in [6.45, 7) is 9.22. The van der Waals surface area contributed by atoms with Crippen LogP contribution in [-0.2, 0) is 13.1 Å². The minimum atomic E-state index is 0.689. The fourth-order valence-corrected chi connectivity index (χ4v) is 2.88. The first-order valence-corrected chi connectivity index (χ1v) is 8.53. The Kier molecular flexibility index (Phi) is 6.27. The second kappa shape index (κ2) is 8.20. The van der Waals surface area contributed by atoms with E-state index in [0.717, 1.165) is 31.9 Å². The average Bonchev–Trinajstić information content (AvgIpc) is 2.86. The topological polar surface area (TPSA) is 21.3 Å². The van der Waals surface area contributed by atoms with E-state index in [2.05, 4.69) is 61.1 Å². The lowest BCUT2D eigenvalue weighted by atomic mass is 10.1. The van der Waals surface area contributed by atoms with Crippen molar-refractivity contribution in [1.29, 1.82) is 0 Å². The second-order valence-electron chi connectivity index (χ2n) is 5.86. The summed E-state index contributed by atoms with van der Waals surface area (Å²) >= 11 is 1.77. The minimum Gasteiger partial charge on any atom is -0.494 e. The molecule has 114 valence electrons. The molecule has 0 aliphatic heterocycles. The molecule has 1 N–H and O–H groups in total. The molecule has 21 heavy (non-hydrogen) atoms. The third-order valence-electron chi connectivity index (χ3n) is 3.49. The lowest BCUT2D eigenvalue weighted by Crippen LogP contribution is -2.12. The number of nitrogens with one attached hydrogen (secondary N) is 1. The summed E-state index contributed by atoms with van der Waals surface area (Å²) in [5.74, 6) is 1.65. The molecule has 0 aliphatic rings. The lowest BCUT2D eigenvalue weighted by molar-refractivity contribution is 0.289. The Morgan fingerprint density at radius 2 is 1.86 bits per heavy atom. The number of benzene rings is 1. The predicted molar refractivity (Wildman–Crippen MR) is 91.0 cm³/mol. The molecule has 1 heterocycles. The number of rotatable bonds is 8. The van der Waals surface area contributed by atoms with Gasteiger partial charge in [0.05, 0.1) is 6.61 Å². The molecule has 0 amide bonds. The maximum atomic E-state index is 5.73. The van der Waals surface area contributed by atoms with Crippen molar-refractivity contribution in [2.75, 3.05) is 6.61 Å². The number of hydrogen-bond donors (Lipinski definition) is 1. The molecule has 0 bridgehead atoms. The van der Waals surface area contributed by atoms with Gasteiger partial charge in [0.25, 0.3) is 0 Å². The van der Waals surface area contributed by atoms with Crippen molar-refractivity contribution in [2.24, 2.45) is 5.92 Å². The van der Waals surface area contributed by atoms with E-state index < -0.39 is 0 Å². The minimum absolute atomic E-state index is 0.689. The van der Waals surface area contributed by atoms with Crippen molar-refractivity contribution in [3.8, 4) is 5.75 Å². The molecule has 0 fully saturated rings. The summed E-state index contributed by atoms with van der Waals surface area (Å²) < 4.78 is 5.73. The monoisotopic (exact) mass is 303 g/mol. The van der Waals surface area contributed by atoms with Crippen LogP contribution < -0.4 is 10.1 Å². The highest BCUT2D eigenvalue weighted by atomic mass is 32.1. The van der Waals surface area contributed by atoms with Gasteiger partial charge in [-0.25, -0.2) is 0 Å². The van der Waals surface area contributed by atoms with Crippen LogP contribution in [0.3, 0.4) is 0 Å². The van der Waals surface area contributed by atoms with Crippen LogP contribution in [-0.4, -0.2) is 6.61 Å². The Morgan fingerprint density at radius 1 is 1.10 bits per heavy atom. The van der Waals surface area contributed by atoms with Crippen LogP contribution >= 0.6 is 11.3 Å². The van der Waals surface area contributed by atoms with E-state index in [4.69, 9.17) is 4.74 Å². The largest absolute Gasteiger partial charge is 0.494 e. The predicted octanol–water partition coefficient (Wildman–Crippen LogP) is 4.77. The van der Waals surface area contributed by atoms with Crippen molar-refractivity contribution in [3.05, 3.63) is 51.7 Å². The van der Waals surface area contributed by atoms with Crippen LogP contribution in [0, 0.1) is 12.8 Å². The number of thiophene rings is 1. The summed E-state index contributed by atoms with van der Waals surface area (Å²) in [5.41, 5.74) is 4.06. The highest BCUT2D eigenvalue weighted by Crippen LogP contribution is 2.15. The molecule has 2 rings (SSSR count). The fourth-order valence-electron chi connectivity index (χ4n) is 2.03. The Bertz CT molecular complexity index is 530. The van der Waals surface area contributed by atoms with Crippen molar-refractivity contribution in [1.82, 2.24) is 5.32 Å². The van der Waals surface area contributed by atoms with E-state index in [1.165, 1.54) is 16.7 Å². The molecule has 1 aromatic carbocycles. The molecule has 0 unspecified atom stereocenters. The zero-order valence-electron chi connectivity index (χ0n) is 13.2. The smallest absolute Gasteiger partial charge is 0.119 e. The van der Waals surface area contributed by atoms with Crippen LogP contribution in [0.1, 0.15) is 37.0 Å². The van der Waals surface area contributed by atoms with Crippen LogP contribution in [0.15, 0.2) is 35.0 Å². The Morgan fingerprint density at radius 3 is 2.48 bits per heavy atom. The summed E-state index contributed by atoms with van der Waals surface area (Å²) in [6.07, 6.45) is 1.10. The summed E-state index contributed by atoms with van der Waals surface area (Å²) in [6, 6.07) is 8.40. The van der Waals surface area contributed by atoms with Crippen LogP contribution in [0.4, 0.5) is 0 Å². The van der Waals surface area contributed by atoms with E-state index in [1.54, 1.807) is 11.3 Å². The van der Waals surface area contributed by atoms with Crippen LogP contribution in [0.2, 0.25) is 0 Å². The first-order chi connectivity index (χ1) is 10.1. The Labute approximate surface area is 132 Å². The normalized spacial score (nSPS) is 11.0. The summed E-state index contributed by atoms with van der Waals surface area (Å²) in [7, 11) is 0. The number of aryl methyl sites for hydroxylation is 1. The molecule has 3 heteroatoms. The molecule has 1 aromatic heterocycles. The SMILES string of the molecule is Cc1cscc1CNCc1ccc(OCCC(C)C)cc1. The highest BCUT2D eigenvalue weighted by Gasteiger charge is 2.00. The summed E-state index contributed by atoms with van der Waals surface area (Å²) in [5, 5.41) is 7.90. The Balaban J connectivity index is 1.73. The zero-order chi connectivity index (χ0) is 15.1. The molecule has 0 aliphatic carbocycles. The standard InChI is InChI=1S/C18H25NOS/c1-14(2)8-9-20-18-6-4-16(5-7-18)10-19-11-17-13-21-12-15(17)3/h4-7,12-14,19H,8-11H2,1-3H3. The molecule has 0 spiro atoms. The van der Waals surface area contributed by atoms with E-state index in [1.807, 2.05) is 0 Å². The quantitative estimate of drug-likeness (QED) is 0.758.